The smallest absolute Gasteiger partial charge is 0.244 e. The van der Waals surface area contributed by atoms with Crippen LogP contribution in [0, 0.1) is 5.82 Å². The Balaban J connectivity index is 1.93. The van der Waals surface area contributed by atoms with Gasteiger partial charge in [0.25, 0.3) is 0 Å². The summed E-state index contributed by atoms with van der Waals surface area (Å²) in [7, 11) is -3.98. The van der Waals surface area contributed by atoms with Crippen LogP contribution in [0.25, 0.3) is 0 Å². The fourth-order valence-corrected chi connectivity index (χ4v) is 4.37. The first kappa shape index (κ1) is 16.2. The van der Waals surface area contributed by atoms with E-state index in [1.54, 1.807) is 6.07 Å². The summed E-state index contributed by atoms with van der Waals surface area (Å²) in [5, 5.41) is 0.153. The number of hydrogen-bond donors (Lipinski definition) is 2. The van der Waals surface area contributed by atoms with Gasteiger partial charge in [0.2, 0.25) is 10.0 Å². The number of fused-ring (bicyclic) bond motifs is 1. The van der Waals surface area contributed by atoms with Crippen molar-refractivity contribution in [2.75, 3.05) is 5.73 Å². The molecule has 0 amide bonds. The zero-order chi connectivity index (χ0) is 16.6. The molecule has 23 heavy (non-hydrogen) atoms. The van der Waals surface area contributed by atoms with Crippen LogP contribution in [-0.4, -0.2) is 8.42 Å². The number of halogens is 2. The topological polar surface area (TPSA) is 72.2 Å². The van der Waals surface area contributed by atoms with Crippen LogP contribution in [0.5, 0.6) is 0 Å². The average Bonchev–Trinajstić information content (AvgIpc) is 2.46. The second-order valence-electron chi connectivity index (χ2n) is 5.60. The number of rotatable bonds is 3. The Morgan fingerprint density at radius 2 is 2.00 bits per heavy atom. The minimum absolute atomic E-state index is 0.153. The van der Waals surface area contributed by atoms with Crippen LogP contribution in [0.2, 0.25) is 5.02 Å². The average molecular weight is 355 g/mol. The van der Waals surface area contributed by atoms with Gasteiger partial charge in [0.05, 0.1) is 0 Å². The summed E-state index contributed by atoms with van der Waals surface area (Å²) in [4.78, 5) is -0.399. The van der Waals surface area contributed by atoms with E-state index in [1.807, 2.05) is 12.1 Å². The molecule has 1 aliphatic rings. The third-order valence-corrected chi connectivity index (χ3v) is 5.70. The highest BCUT2D eigenvalue weighted by atomic mass is 35.5. The van der Waals surface area contributed by atoms with Gasteiger partial charge in [-0.05, 0) is 60.7 Å². The molecule has 0 aromatic heterocycles. The molecule has 7 heteroatoms. The minimum atomic E-state index is -3.98. The highest BCUT2D eigenvalue weighted by Crippen LogP contribution is 2.32. The van der Waals surface area contributed by atoms with Gasteiger partial charge >= 0.3 is 0 Å². The summed E-state index contributed by atoms with van der Waals surface area (Å²) < 4.78 is 41.5. The van der Waals surface area contributed by atoms with Crippen molar-refractivity contribution in [3.8, 4) is 0 Å². The Morgan fingerprint density at radius 1 is 1.22 bits per heavy atom. The van der Waals surface area contributed by atoms with Crippen LogP contribution in [-0.2, 0) is 16.4 Å². The van der Waals surface area contributed by atoms with Gasteiger partial charge in [0.15, 0.2) is 0 Å². The predicted molar refractivity (Wildman–Crippen MR) is 88.3 cm³/mol. The fourth-order valence-electron chi connectivity index (χ4n) is 2.90. The maximum atomic E-state index is 13.9. The van der Waals surface area contributed by atoms with Gasteiger partial charge in [-0.15, -0.1) is 0 Å². The largest absolute Gasteiger partial charge is 0.399 e. The number of anilines is 1. The maximum Gasteiger partial charge on any atom is 0.244 e. The molecular formula is C16H16ClFN2O2S. The van der Waals surface area contributed by atoms with Gasteiger partial charge in [0.1, 0.15) is 10.7 Å². The molecule has 3 rings (SSSR count). The van der Waals surface area contributed by atoms with E-state index in [0.717, 1.165) is 30.0 Å². The number of nitrogens with one attached hydrogen (secondary N) is 1. The molecule has 4 nitrogen and oxygen atoms in total. The lowest BCUT2D eigenvalue weighted by Gasteiger charge is -2.26. The van der Waals surface area contributed by atoms with Crippen molar-refractivity contribution < 1.29 is 12.8 Å². The number of hydrogen-bond acceptors (Lipinski definition) is 3. The van der Waals surface area contributed by atoms with Crippen molar-refractivity contribution in [2.45, 2.75) is 30.2 Å². The molecule has 0 saturated carbocycles. The molecular weight excluding hydrogens is 339 g/mol. The van der Waals surface area contributed by atoms with Crippen LogP contribution in [0.4, 0.5) is 10.1 Å². The van der Waals surface area contributed by atoms with Crippen molar-refractivity contribution >= 4 is 27.3 Å². The van der Waals surface area contributed by atoms with Crippen molar-refractivity contribution in [3.63, 3.8) is 0 Å². The van der Waals surface area contributed by atoms with E-state index in [1.165, 1.54) is 12.1 Å². The Morgan fingerprint density at radius 3 is 2.74 bits per heavy atom. The summed E-state index contributed by atoms with van der Waals surface area (Å²) in [6.07, 6.45) is 2.35. The van der Waals surface area contributed by atoms with Crippen LogP contribution in [0.15, 0.2) is 41.3 Å². The molecule has 1 unspecified atom stereocenters. The third-order valence-electron chi connectivity index (χ3n) is 3.96. The van der Waals surface area contributed by atoms with Crippen molar-refractivity contribution in [1.82, 2.24) is 4.72 Å². The van der Waals surface area contributed by atoms with Crippen molar-refractivity contribution in [1.29, 1.82) is 0 Å². The first-order valence-electron chi connectivity index (χ1n) is 7.22. The summed E-state index contributed by atoms with van der Waals surface area (Å²) in [5.74, 6) is -0.863. The second kappa shape index (κ2) is 6.11. The van der Waals surface area contributed by atoms with Gasteiger partial charge < -0.3 is 5.73 Å². The van der Waals surface area contributed by atoms with E-state index in [0.29, 0.717) is 12.1 Å². The summed E-state index contributed by atoms with van der Waals surface area (Å²) in [5.41, 5.74) is 8.35. The van der Waals surface area contributed by atoms with E-state index >= 15 is 0 Å². The highest BCUT2D eigenvalue weighted by molar-refractivity contribution is 7.89. The molecule has 0 radical (unpaired) electrons. The van der Waals surface area contributed by atoms with Gasteiger partial charge in [-0.1, -0.05) is 17.7 Å². The Bertz CT molecular complexity index is 855. The van der Waals surface area contributed by atoms with Gasteiger partial charge in [-0.3, -0.25) is 0 Å². The molecule has 0 bridgehead atoms. The molecule has 0 saturated heterocycles. The highest BCUT2D eigenvalue weighted by Gasteiger charge is 2.27. The molecule has 0 spiro atoms. The van der Waals surface area contributed by atoms with Crippen LogP contribution in [0.1, 0.15) is 30.0 Å². The Kier molecular flexibility index (Phi) is 4.31. The zero-order valence-electron chi connectivity index (χ0n) is 12.2. The molecule has 2 aromatic rings. The van der Waals surface area contributed by atoms with Gasteiger partial charge in [-0.2, -0.15) is 0 Å². The zero-order valence-corrected chi connectivity index (χ0v) is 13.8. The molecule has 0 fully saturated rings. The SMILES string of the molecule is Nc1ccc2c(c1)CCCC2NS(=O)(=O)c1ccc(Cl)cc1F. The molecule has 1 atom stereocenters. The molecule has 122 valence electrons. The second-order valence-corrected chi connectivity index (χ2v) is 7.72. The number of benzene rings is 2. The van der Waals surface area contributed by atoms with E-state index in [2.05, 4.69) is 4.72 Å². The quantitative estimate of drug-likeness (QED) is 0.829. The third kappa shape index (κ3) is 3.34. The standard InChI is InChI=1S/C16H16ClFN2O2S/c17-11-4-7-16(14(18)9-11)23(21,22)20-15-3-1-2-10-8-12(19)5-6-13(10)15/h4-9,15,20H,1-3,19H2. The fraction of sp³-hybridized carbons (Fsp3) is 0.250. The van der Waals surface area contributed by atoms with E-state index in [4.69, 9.17) is 17.3 Å². The first-order valence-corrected chi connectivity index (χ1v) is 9.08. The van der Waals surface area contributed by atoms with E-state index < -0.39 is 20.7 Å². The maximum absolute atomic E-state index is 13.9. The van der Waals surface area contributed by atoms with Gasteiger partial charge in [0, 0.05) is 16.8 Å². The first-order chi connectivity index (χ1) is 10.9. The monoisotopic (exact) mass is 354 g/mol. The van der Waals surface area contributed by atoms with Crippen molar-refractivity contribution in [2.24, 2.45) is 0 Å². The molecule has 1 aliphatic carbocycles. The van der Waals surface area contributed by atoms with E-state index in [-0.39, 0.29) is 11.1 Å². The molecule has 3 N–H and O–H groups in total. The number of nitrogen functional groups attached to an aromatic ring is 1. The van der Waals surface area contributed by atoms with Gasteiger partial charge in [-0.25, -0.2) is 17.5 Å². The van der Waals surface area contributed by atoms with Crippen LogP contribution >= 0.6 is 11.6 Å². The predicted octanol–water partition coefficient (Wildman–Crippen LogP) is 3.42. The summed E-state index contributed by atoms with van der Waals surface area (Å²) in [6, 6.07) is 8.56. The Hall–Kier alpha value is -1.63. The summed E-state index contributed by atoms with van der Waals surface area (Å²) in [6.45, 7) is 0. The lowest BCUT2D eigenvalue weighted by Crippen LogP contribution is -2.31. The van der Waals surface area contributed by atoms with Crippen LogP contribution < -0.4 is 10.5 Å². The summed E-state index contributed by atoms with van der Waals surface area (Å²) >= 11 is 5.67. The number of sulfonamides is 1. The lowest BCUT2D eigenvalue weighted by molar-refractivity contribution is 0.502. The lowest BCUT2D eigenvalue weighted by atomic mass is 9.88. The van der Waals surface area contributed by atoms with Crippen molar-refractivity contribution in [3.05, 3.63) is 58.4 Å². The minimum Gasteiger partial charge on any atom is -0.399 e. The molecule has 0 aliphatic heterocycles. The number of nitrogens with two attached hydrogens (primary N) is 1. The van der Waals surface area contributed by atoms with Crippen LogP contribution in [0.3, 0.4) is 0 Å². The molecule has 0 heterocycles. The molecule has 2 aromatic carbocycles. The van der Waals surface area contributed by atoms with E-state index in [9.17, 15) is 12.8 Å². The normalized spacial score (nSPS) is 17.7. The number of aryl methyl sites for hydroxylation is 1. The Labute approximate surface area is 139 Å².